The fourth-order valence-electron chi connectivity index (χ4n) is 1.07. The van der Waals surface area contributed by atoms with Crippen molar-refractivity contribution < 1.29 is 9.53 Å². The van der Waals surface area contributed by atoms with Crippen molar-refractivity contribution >= 4 is 28.6 Å². The van der Waals surface area contributed by atoms with Crippen LogP contribution >= 0.6 is 23.4 Å². The van der Waals surface area contributed by atoms with Gasteiger partial charge in [0.25, 0.3) is 0 Å². The topological polar surface area (TPSA) is 26.3 Å². The molecule has 0 atom stereocenters. The third kappa shape index (κ3) is 5.09. The van der Waals surface area contributed by atoms with Crippen LogP contribution in [0.1, 0.15) is 13.3 Å². The maximum absolute atomic E-state index is 10.5. The first-order chi connectivity index (χ1) is 7.22. The Labute approximate surface area is 99.0 Å². The first kappa shape index (κ1) is 12.4. The molecule has 0 amide bonds. The standard InChI is InChI=1S/C11H13ClO2S/c1-2-14-9-4-3-5-10(8-9)15-7-6-11(12)13/h3-5,8H,2,6-7H2,1H3. The van der Waals surface area contributed by atoms with Gasteiger partial charge in [0.05, 0.1) is 6.61 Å². The molecular weight excluding hydrogens is 232 g/mol. The summed E-state index contributed by atoms with van der Waals surface area (Å²) in [5, 5.41) is -0.288. The van der Waals surface area contributed by atoms with Crippen LogP contribution < -0.4 is 4.74 Å². The first-order valence-electron chi connectivity index (χ1n) is 4.76. The Kier molecular flexibility index (Phi) is 5.58. The van der Waals surface area contributed by atoms with Crippen molar-refractivity contribution in [2.75, 3.05) is 12.4 Å². The Balaban J connectivity index is 2.46. The summed E-state index contributed by atoms with van der Waals surface area (Å²) in [5.41, 5.74) is 0. The van der Waals surface area contributed by atoms with Crippen molar-refractivity contribution in [2.45, 2.75) is 18.2 Å². The Morgan fingerprint density at radius 1 is 1.53 bits per heavy atom. The molecule has 0 aliphatic heterocycles. The largest absolute Gasteiger partial charge is 0.494 e. The van der Waals surface area contributed by atoms with E-state index in [9.17, 15) is 4.79 Å². The maximum Gasteiger partial charge on any atom is 0.222 e. The summed E-state index contributed by atoms with van der Waals surface area (Å²) < 4.78 is 5.37. The molecule has 0 aliphatic rings. The fourth-order valence-corrected chi connectivity index (χ4v) is 2.17. The lowest BCUT2D eigenvalue weighted by Gasteiger charge is -2.04. The number of carbonyl (C=O) groups excluding carboxylic acids is 1. The molecule has 0 aliphatic carbocycles. The molecule has 0 saturated carbocycles. The molecule has 1 aromatic carbocycles. The predicted molar refractivity (Wildman–Crippen MR) is 63.8 cm³/mol. The van der Waals surface area contributed by atoms with E-state index in [-0.39, 0.29) is 5.24 Å². The van der Waals surface area contributed by atoms with Gasteiger partial charge in [-0.05, 0) is 36.7 Å². The third-order valence-electron chi connectivity index (χ3n) is 1.68. The van der Waals surface area contributed by atoms with Gasteiger partial charge in [-0.25, -0.2) is 0 Å². The lowest BCUT2D eigenvalue weighted by Crippen LogP contribution is -1.91. The SMILES string of the molecule is CCOc1cccc(SCCC(=O)Cl)c1. The molecule has 0 aromatic heterocycles. The molecule has 4 heteroatoms. The molecule has 0 bridgehead atoms. The monoisotopic (exact) mass is 244 g/mol. The van der Waals surface area contributed by atoms with E-state index in [2.05, 4.69) is 0 Å². The van der Waals surface area contributed by atoms with Gasteiger partial charge in [-0.15, -0.1) is 11.8 Å². The number of thioether (sulfide) groups is 1. The summed E-state index contributed by atoms with van der Waals surface area (Å²) in [7, 11) is 0. The Morgan fingerprint density at radius 2 is 2.33 bits per heavy atom. The highest BCUT2D eigenvalue weighted by atomic mass is 35.5. The number of hydrogen-bond acceptors (Lipinski definition) is 3. The van der Waals surface area contributed by atoms with Gasteiger partial charge >= 0.3 is 0 Å². The van der Waals surface area contributed by atoms with Gasteiger partial charge in [-0.1, -0.05) is 6.07 Å². The molecule has 1 aromatic rings. The van der Waals surface area contributed by atoms with Crippen LogP contribution in [0.5, 0.6) is 5.75 Å². The molecule has 0 fully saturated rings. The summed E-state index contributed by atoms with van der Waals surface area (Å²) in [6.45, 7) is 2.61. The van der Waals surface area contributed by atoms with Gasteiger partial charge in [-0.3, -0.25) is 4.79 Å². The lowest BCUT2D eigenvalue weighted by molar-refractivity contribution is -0.111. The van der Waals surface area contributed by atoms with Crippen molar-refractivity contribution in [1.29, 1.82) is 0 Å². The van der Waals surface area contributed by atoms with Crippen LogP contribution in [0.3, 0.4) is 0 Å². The van der Waals surface area contributed by atoms with Crippen molar-refractivity contribution in [3.63, 3.8) is 0 Å². The highest BCUT2D eigenvalue weighted by molar-refractivity contribution is 7.99. The van der Waals surface area contributed by atoms with Gasteiger partial charge in [0, 0.05) is 17.1 Å². The van der Waals surface area contributed by atoms with E-state index < -0.39 is 0 Å². The van der Waals surface area contributed by atoms with Crippen molar-refractivity contribution in [2.24, 2.45) is 0 Å². The minimum absolute atomic E-state index is 0.288. The predicted octanol–water partition coefficient (Wildman–Crippen LogP) is 3.33. The number of benzene rings is 1. The van der Waals surface area contributed by atoms with E-state index in [1.807, 2.05) is 31.2 Å². The molecule has 0 saturated heterocycles. The van der Waals surface area contributed by atoms with Crippen molar-refractivity contribution in [3.8, 4) is 5.75 Å². The number of ether oxygens (including phenoxy) is 1. The van der Waals surface area contributed by atoms with Crippen LogP contribution in [0.2, 0.25) is 0 Å². The summed E-state index contributed by atoms with van der Waals surface area (Å²) in [4.78, 5) is 11.6. The molecule has 82 valence electrons. The summed E-state index contributed by atoms with van der Waals surface area (Å²) in [6.07, 6.45) is 0.394. The van der Waals surface area contributed by atoms with Gasteiger partial charge in [0.1, 0.15) is 5.75 Å². The van der Waals surface area contributed by atoms with Gasteiger partial charge in [-0.2, -0.15) is 0 Å². The van der Waals surface area contributed by atoms with Crippen molar-refractivity contribution in [1.82, 2.24) is 0 Å². The molecule has 0 N–H and O–H groups in total. The third-order valence-corrected chi connectivity index (χ3v) is 2.87. The van der Waals surface area contributed by atoms with Gasteiger partial charge in [0.2, 0.25) is 5.24 Å². The molecule has 0 heterocycles. The van der Waals surface area contributed by atoms with Crippen LogP contribution in [0.25, 0.3) is 0 Å². The van der Waals surface area contributed by atoms with Crippen molar-refractivity contribution in [3.05, 3.63) is 24.3 Å². The second-order valence-electron chi connectivity index (χ2n) is 2.86. The van der Waals surface area contributed by atoms with Crippen LogP contribution in [0, 0.1) is 0 Å². The quantitative estimate of drug-likeness (QED) is 0.567. The number of halogens is 1. The minimum Gasteiger partial charge on any atom is -0.494 e. The van der Waals surface area contributed by atoms with Crippen LogP contribution in [0.15, 0.2) is 29.2 Å². The number of carbonyl (C=O) groups is 1. The first-order valence-corrected chi connectivity index (χ1v) is 6.12. The second kappa shape index (κ2) is 6.75. The van der Waals surface area contributed by atoms with E-state index in [1.54, 1.807) is 11.8 Å². The molecule has 1 rings (SSSR count). The summed E-state index contributed by atoms with van der Waals surface area (Å²) in [6, 6.07) is 7.81. The van der Waals surface area contributed by atoms with Crippen LogP contribution in [0.4, 0.5) is 0 Å². The zero-order valence-corrected chi connectivity index (χ0v) is 10.1. The van der Waals surface area contributed by atoms with Gasteiger partial charge in [0.15, 0.2) is 0 Å². The molecule has 0 unspecified atom stereocenters. The molecule has 15 heavy (non-hydrogen) atoms. The lowest BCUT2D eigenvalue weighted by atomic mass is 10.3. The van der Waals surface area contributed by atoms with E-state index >= 15 is 0 Å². The second-order valence-corrected chi connectivity index (χ2v) is 4.45. The highest BCUT2D eigenvalue weighted by Crippen LogP contribution is 2.23. The zero-order chi connectivity index (χ0) is 11.1. The molecule has 2 nitrogen and oxygen atoms in total. The summed E-state index contributed by atoms with van der Waals surface area (Å²) >= 11 is 6.85. The normalized spacial score (nSPS) is 10.0. The van der Waals surface area contributed by atoms with Crippen LogP contribution in [-0.2, 0) is 4.79 Å². The highest BCUT2D eigenvalue weighted by Gasteiger charge is 1.99. The molecule has 0 spiro atoms. The maximum atomic E-state index is 10.5. The minimum atomic E-state index is -0.288. The Bertz CT molecular complexity index is 328. The average Bonchev–Trinajstić information content (AvgIpc) is 2.18. The van der Waals surface area contributed by atoms with E-state index in [1.165, 1.54) is 0 Å². The summed E-state index contributed by atoms with van der Waals surface area (Å²) in [5.74, 6) is 1.57. The Morgan fingerprint density at radius 3 is 3.00 bits per heavy atom. The smallest absolute Gasteiger partial charge is 0.222 e. The Hall–Kier alpha value is -0.670. The average molecular weight is 245 g/mol. The zero-order valence-electron chi connectivity index (χ0n) is 8.53. The molecule has 0 radical (unpaired) electrons. The van der Waals surface area contributed by atoms with E-state index in [0.29, 0.717) is 18.8 Å². The van der Waals surface area contributed by atoms with Crippen LogP contribution in [-0.4, -0.2) is 17.6 Å². The molecular formula is C11H13ClO2S. The number of hydrogen-bond donors (Lipinski definition) is 0. The number of rotatable bonds is 6. The van der Waals surface area contributed by atoms with E-state index in [0.717, 1.165) is 10.6 Å². The van der Waals surface area contributed by atoms with Gasteiger partial charge < -0.3 is 4.74 Å². The van der Waals surface area contributed by atoms with E-state index in [4.69, 9.17) is 16.3 Å². The fraction of sp³-hybridized carbons (Fsp3) is 0.364.